The molecule has 60 valence electrons. The van der Waals surface area contributed by atoms with E-state index in [1.165, 1.54) is 19.3 Å². The maximum Gasteiger partial charge on any atom is 0.0385 e. The standard InChI is InChI=1S/C7H13N.C2H6/c1-2-7-4-3-5-8-6-7;1-2/h6-7H,2-5H2,1H3;1-2H3. The normalized spacial score (nSPS) is 23.3. The molecule has 1 aliphatic rings. The zero-order chi connectivity index (χ0) is 7.82. The monoisotopic (exact) mass is 141 g/mol. The highest BCUT2D eigenvalue weighted by Crippen LogP contribution is 2.11. The van der Waals surface area contributed by atoms with Crippen LogP contribution in [0.15, 0.2) is 4.99 Å². The summed E-state index contributed by atoms with van der Waals surface area (Å²) in [6, 6.07) is 0. The van der Waals surface area contributed by atoms with E-state index in [0.717, 1.165) is 12.5 Å². The van der Waals surface area contributed by atoms with Gasteiger partial charge in [0, 0.05) is 12.8 Å². The van der Waals surface area contributed by atoms with Crippen LogP contribution in [0.4, 0.5) is 0 Å². The van der Waals surface area contributed by atoms with Crippen LogP contribution in [-0.4, -0.2) is 12.8 Å². The third-order valence-electron chi connectivity index (χ3n) is 1.70. The maximum absolute atomic E-state index is 4.20. The predicted octanol–water partition coefficient (Wildman–Crippen LogP) is 2.90. The summed E-state index contributed by atoms with van der Waals surface area (Å²) < 4.78 is 0. The minimum absolute atomic E-state index is 0.795. The summed E-state index contributed by atoms with van der Waals surface area (Å²) in [7, 11) is 0. The van der Waals surface area contributed by atoms with Crippen molar-refractivity contribution in [2.75, 3.05) is 6.54 Å². The van der Waals surface area contributed by atoms with Crippen LogP contribution in [0.1, 0.15) is 40.0 Å². The van der Waals surface area contributed by atoms with Crippen molar-refractivity contribution in [3.05, 3.63) is 0 Å². The van der Waals surface area contributed by atoms with Crippen LogP contribution in [0.5, 0.6) is 0 Å². The minimum Gasteiger partial charge on any atom is -0.297 e. The van der Waals surface area contributed by atoms with E-state index in [1.54, 1.807) is 0 Å². The third kappa shape index (κ3) is 3.65. The van der Waals surface area contributed by atoms with Crippen molar-refractivity contribution in [3.63, 3.8) is 0 Å². The Morgan fingerprint density at radius 2 is 2.20 bits per heavy atom. The number of hydrogen-bond acceptors (Lipinski definition) is 1. The van der Waals surface area contributed by atoms with E-state index < -0.39 is 0 Å². The molecule has 10 heavy (non-hydrogen) atoms. The molecule has 0 saturated heterocycles. The maximum atomic E-state index is 4.20. The second kappa shape index (κ2) is 6.79. The van der Waals surface area contributed by atoms with Crippen LogP contribution in [-0.2, 0) is 0 Å². The quantitative estimate of drug-likeness (QED) is 0.532. The first-order valence-electron chi connectivity index (χ1n) is 4.43. The molecule has 0 aromatic carbocycles. The van der Waals surface area contributed by atoms with Crippen molar-refractivity contribution in [1.82, 2.24) is 0 Å². The van der Waals surface area contributed by atoms with Gasteiger partial charge < -0.3 is 0 Å². The van der Waals surface area contributed by atoms with Gasteiger partial charge in [0.05, 0.1) is 0 Å². The Hall–Kier alpha value is -0.330. The molecule has 0 fully saturated rings. The highest BCUT2D eigenvalue weighted by molar-refractivity contribution is 5.61. The van der Waals surface area contributed by atoms with E-state index in [9.17, 15) is 0 Å². The summed E-state index contributed by atoms with van der Waals surface area (Å²) in [4.78, 5) is 4.20. The smallest absolute Gasteiger partial charge is 0.0385 e. The molecule has 1 heteroatoms. The molecule has 0 spiro atoms. The van der Waals surface area contributed by atoms with Crippen LogP contribution < -0.4 is 0 Å². The van der Waals surface area contributed by atoms with Crippen molar-refractivity contribution in [3.8, 4) is 0 Å². The van der Waals surface area contributed by atoms with Gasteiger partial charge in [0.15, 0.2) is 0 Å². The van der Waals surface area contributed by atoms with Gasteiger partial charge in [-0.2, -0.15) is 0 Å². The van der Waals surface area contributed by atoms with Crippen molar-refractivity contribution in [2.24, 2.45) is 10.9 Å². The van der Waals surface area contributed by atoms with Gasteiger partial charge in [-0.25, -0.2) is 0 Å². The summed E-state index contributed by atoms with van der Waals surface area (Å²) >= 11 is 0. The van der Waals surface area contributed by atoms with E-state index in [4.69, 9.17) is 0 Å². The summed E-state index contributed by atoms with van der Waals surface area (Å²) in [5.41, 5.74) is 0. The molecule has 0 aliphatic carbocycles. The van der Waals surface area contributed by atoms with Gasteiger partial charge in [0.25, 0.3) is 0 Å². The zero-order valence-corrected chi connectivity index (χ0v) is 7.43. The highest BCUT2D eigenvalue weighted by atomic mass is 14.7. The van der Waals surface area contributed by atoms with Gasteiger partial charge in [0.2, 0.25) is 0 Å². The Morgan fingerprint density at radius 1 is 1.50 bits per heavy atom. The average molecular weight is 141 g/mol. The molecule has 1 rings (SSSR count). The fourth-order valence-electron chi connectivity index (χ4n) is 1.05. The number of nitrogens with zero attached hydrogens (tertiary/aromatic N) is 1. The molecule has 1 unspecified atom stereocenters. The van der Waals surface area contributed by atoms with E-state index in [2.05, 4.69) is 18.1 Å². The first-order chi connectivity index (χ1) is 4.93. The van der Waals surface area contributed by atoms with Crippen LogP contribution in [0.3, 0.4) is 0 Å². The molecular weight excluding hydrogens is 122 g/mol. The molecule has 1 aliphatic heterocycles. The Bertz CT molecular complexity index is 86.7. The predicted molar refractivity (Wildman–Crippen MR) is 47.7 cm³/mol. The van der Waals surface area contributed by atoms with Crippen LogP contribution >= 0.6 is 0 Å². The fourth-order valence-corrected chi connectivity index (χ4v) is 1.05. The molecule has 0 bridgehead atoms. The van der Waals surface area contributed by atoms with Gasteiger partial charge in [-0.3, -0.25) is 4.99 Å². The van der Waals surface area contributed by atoms with Crippen LogP contribution in [0, 0.1) is 5.92 Å². The Morgan fingerprint density at radius 3 is 2.50 bits per heavy atom. The van der Waals surface area contributed by atoms with Crippen molar-refractivity contribution < 1.29 is 0 Å². The zero-order valence-electron chi connectivity index (χ0n) is 7.43. The van der Waals surface area contributed by atoms with Gasteiger partial charge >= 0.3 is 0 Å². The SMILES string of the molecule is CC.CCC1C=NCCC1. The molecule has 1 atom stereocenters. The van der Waals surface area contributed by atoms with E-state index in [0.29, 0.717) is 0 Å². The molecule has 0 N–H and O–H groups in total. The molecule has 1 nitrogen and oxygen atoms in total. The van der Waals surface area contributed by atoms with Crippen molar-refractivity contribution in [1.29, 1.82) is 0 Å². The molecular formula is C9H19N. The van der Waals surface area contributed by atoms with Crippen molar-refractivity contribution in [2.45, 2.75) is 40.0 Å². The Kier molecular flexibility index (Phi) is 6.56. The first-order valence-corrected chi connectivity index (χ1v) is 4.43. The lowest BCUT2D eigenvalue weighted by Gasteiger charge is -2.11. The molecule has 1 heterocycles. The largest absolute Gasteiger partial charge is 0.297 e. The second-order valence-corrected chi connectivity index (χ2v) is 2.37. The molecule has 0 aromatic heterocycles. The summed E-state index contributed by atoms with van der Waals surface area (Å²) in [6.07, 6.45) is 6.04. The van der Waals surface area contributed by atoms with Gasteiger partial charge in [-0.15, -0.1) is 0 Å². The first kappa shape index (κ1) is 9.67. The highest BCUT2D eigenvalue weighted by Gasteiger charge is 2.04. The van der Waals surface area contributed by atoms with E-state index in [1.807, 2.05) is 13.8 Å². The van der Waals surface area contributed by atoms with Gasteiger partial charge in [0.1, 0.15) is 0 Å². The van der Waals surface area contributed by atoms with Crippen LogP contribution in [0.2, 0.25) is 0 Å². The topological polar surface area (TPSA) is 12.4 Å². The number of aliphatic imine (C=N–C) groups is 1. The third-order valence-corrected chi connectivity index (χ3v) is 1.70. The summed E-state index contributed by atoms with van der Waals surface area (Å²) in [5, 5.41) is 0. The van der Waals surface area contributed by atoms with Gasteiger partial charge in [-0.05, 0) is 25.2 Å². The Balaban J connectivity index is 0.000000371. The fraction of sp³-hybridized carbons (Fsp3) is 0.889. The molecule has 0 saturated carbocycles. The Labute approximate surface area is 64.6 Å². The van der Waals surface area contributed by atoms with E-state index >= 15 is 0 Å². The van der Waals surface area contributed by atoms with Crippen LogP contribution in [0.25, 0.3) is 0 Å². The lowest BCUT2D eigenvalue weighted by atomic mass is 10.00. The summed E-state index contributed by atoms with van der Waals surface area (Å²) in [5.74, 6) is 0.795. The average Bonchev–Trinajstić information content (AvgIpc) is 2.10. The molecule has 0 radical (unpaired) electrons. The molecule has 0 aromatic rings. The lowest BCUT2D eigenvalue weighted by Crippen LogP contribution is -2.06. The molecule has 0 amide bonds. The minimum atomic E-state index is 0.795. The lowest BCUT2D eigenvalue weighted by molar-refractivity contribution is 0.565. The van der Waals surface area contributed by atoms with Crippen molar-refractivity contribution >= 4 is 6.21 Å². The summed E-state index contributed by atoms with van der Waals surface area (Å²) in [6.45, 7) is 7.29. The van der Waals surface area contributed by atoms with E-state index in [-0.39, 0.29) is 0 Å². The van der Waals surface area contributed by atoms with Gasteiger partial charge in [-0.1, -0.05) is 20.8 Å². The number of rotatable bonds is 1. The second-order valence-electron chi connectivity index (χ2n) is 2.37. The number of hydrogen-bond donors (Lipinski definition) is 0.